The van der Waals surface area contributed by atoms with Crippen molar-refractivity contribution in [2.24, 2.45) is 0 Å². The molecule has 3 N–H and O–H groups in total. The van der Waals surface area contributed by atoms with E-state index in [2.05, 4.69) is 25.3 Å². The highest BCUT2D eigenvalue weighted by Crippen LogP contribution is 2.35. The summed E-state index contributed by atoms with van der Waals surface area (Å²) in [5.41, 5.74) is 3.15. The van der Waals surface area contributed by atoms with E-state index in [0.717, 1.165) is 26.8 Å². The Kier molecular flexibility index (Phi) is 8.15. The molecule has 2 aromatic carbocycles. The summed E-state index contributed by atoms with van der Waals surface area (Å²) in [5, 5.41) is 6.65. The number of hydrogen-bond donors (Lipinski definition) is 3. The van der Waals surface area contributed by atoms with Crippen LogP contribution in [0.1, 0.15) is 11.1 Å². The van der Waals surface area contributed by atoms with E-state index in [9.17, 15) is 8.42 Å². The Bertz CT molecular complexity index is 1250. The first-order valence-electron chi connectivity index (χ1n) is 10.2. The molecule has 182 valence electrons. The molecule has 0 aliphatic heterocycles. The van der Waals surface area contributed by atoms with E-state index in [-0.39, 0.29) is 6.54 Å². The molecule has 0 aliphatic carbocycles. The lowest BCUT2D eigenvalue weighted by molar-refractivity contribution is 0.353. The highest BCUT2D eigenvalue weighted by molar-refractivity contribution is 7.87. The Hall–Kier alpha value is -3.12. The third-order valence-electron chi connectivity index (χ3n) is 4.82. The van der Waals surface area contributed by atoms with Gasteiger partial charge in [0, 0.05) is 38.1 Å². The van der Waals surface area contributed by atoms with Gasteiger partial charge in [0.15, 0.2) is 17.3 Å². The quantitative estimate of drug-likeness (QED) is 0.379. The molecule has 1 heterocycles. The molecule has 3 aromatic rings. The van der Waals surface area contributed by atoms with E-state index in [1.807, 2.05) is 25.1 Å². The van der Waals surface area contributed by atoms with Crippen molar-refractivity contribution in [1.82, 2.24) is 19.0 Å². The van der Waals surface area contributed by atoms with Crippen LogP contribution in [0.5, 0.6) is 11.5 Å². The zero-order chi connectivity index (χ0) is 24.9. The molecule has 0 saturated carbocycles. The SMILES string of the molecule is COc1cc(Nc2ncc(Cl)c(Nc3ccc(CNS(=O)(=O)N(C)C)cc3)n2)cc(C)c1OC. The van der Waals surface area contributed by atoms with Crippen molar-refractivity contribution in [2.45, 2.75) is 13.5 Å². The van der Waals surface area contributed by atoms with E-state index in [0.29, 0.717) is 28.3 Å². The number of rotatable bonds is 10. The Labute approximate surface area is 204 Å². The summed E-state index contributed by atoms with van der Waals surface area (Å²) in [5.74, 6) is 2.00. The van der Waals surface area contributed by atoms with Crippen molar-refractivity contribution in [2.75, 3.05) is 38.9 Å². The molecule has 3 rings (SSSR count). The first-order chi connectivity index (χ1) is 16.1. The van der Waals surface area contributed by atoms with Gasteiger partial charge in [-0.3, -0.25) is 0 Å². The maximum absolute atomic E-state index is 11.9. The summed E-state index contributed by atoms with van der Waals surface area (Å²) in [4.78, 5) is 8.71. The van der Waals surface area contributed by atoms with Gasteiger partial charge < -0.3 is 20.1 Å². The van der Waals surface area contributed by atoms with Crippen LogP contribution in [0.15, 0.2) is 42.6 Å². The smallest absolute Gasteiger partial charge is 0.279 e. The van der Waals surface area contributed by atoms with Crippen LogP contribution < -0.4 is 24.8 Å². The van der Waals surface area contributed by atoms with E-state index < -0.39 is 10.2 Å². The van der Waals surface area contributed by atoms with Crippen LogP contribution in [-0.2, 0) is 16.8 Å². The molecule has 0 atom stereocenters. The van der Waals surface area contributed by atoms with Gasteiger partial charge in [-0.15, -0.1) is 0 Å². The van der Waals surface area contributed by atoms with Gasteiger partial charge in [-0.2, -0.15) is 22.4 Å². The van der Waals surface area contributed by atoms with Crippen LogP contribution in [0.3, 0.4) is 0 Å². The minimum atomic E-state index is -3.49. The highest BCUT2D eigenvalue weighted by Gasteiger charge is 2.13. The summed E-state index contributed by atoms with van der Waals surface area (Å²) in [7, 11) is 2.61. The third-order valence-corrected chi connectivity index (χ3v) is 6.57. The molecule has 0 unspecified atom stereocenters. The lowest BCUT2D eigenvalue weighted by Crippen LogP contribution is -2.35. The van der Waals surface area contributed by atoms with Crippen LogP contribution in [-0.4, -0.2) is 51.0 Å². The normalized spacial score (nSPS) is 11.4. The monoisotopic (exact) mass is 506 g/mol. The van der Waals surface area contributed by atoms with Crippen molar-refractivity contribution >= 4 is 45.0 Å². The second-order valence-electron chi connectivity index (χ2n) is 7.47. The Morgan fingerprint density at radius 1 is 1.03 bits per heavy atom. The zero-order valence-electron chi connectivity index (χ0n) is 19.5. The second-order valence-corrected chi connectivity index (χ2v) is 9.85. The topological polar surface area (TPSA) is 118 Å². The van der Waals surface area contributed by atoms with E-state index in [4.69, 9.17) is 21.1 Å². The number of hydrogen-bond acceptors (Lipinski definition) is 8. The van der Waals surface area contributed by atoms with Gasteiger partial charge in [0.2, 0.25) is 5.95 Å². The lowest BCUT2D eigenvalue weighted by Gasteiger charge is -2.14. The number of ether oxygens (including phenoxy) is 2. The van der Waals surface area contributed by atoms with E-state index in [1.165, 1.54) is 20.3 Å². The summed E-state index contributed by atoms with van der Waals surface area (Å²) in [6.07, 6.45) is 1.50. The fourth-order valence-corrected chi connectivity index (χ4v) is 3.76. The summed E-state index contributed by atoms with van der Waals surface area (Å²) in [6.45, 7) is 2.09. The molecule has 34 heavy (non-hydrogen) atoms. The Morgan fingerprint density at radius 2 is 1.74 bits per heavy atom. The van der Waals surface area contributed by atoms with Crippen LogP contribution in [0.2, 0.25) is 5.02 Å². The molecule has 1 aromatic heterocycles. The molecule has 10 nitrogen and oxygen atoms in total. The average Bonchev–Trinajstić information content (AvgIpc) is 2.80. The number of nitrogens with zero attached hydrogens (tertiary/aromatic N) is 3. The number of aromatic nitrogens is 2. The van der Waals surface area contributed by atoms with E-state index >= 15 is 0 Å². The third kappa shape index (κ3) is 6.26. The van der Waals surface area contributed by atoms with Gasteiger partial charge >= 0.3 is 0 Å². The largest absolute Gasteiger partial charge is 0.493 e. The molecule has 0 bridgehead atoms. The predicted octanol–water partition coefficient (Wildman–Crippen LogP) is 3.84. The molecule has 12 heteroatoms. The molecule has 0 radical (unpaired) electrons. The van der Waals surface area contributed by atoms with Crippen molar-refractivity contribution < 1.29 is 17.9 Å². The number of nitrogens with one attached hydrogen (secondary N) is 3. The fraction of sp³-hybridized carbons (Fsp3) is 0.273. The second kappa shape index (κ2) is 10.9. The van der Waals surface area contributed by atoms with Gasteiger partial charge in [-0.1, -0.05) is 23.7 Å². The summed E-state index contributed by atoms with van der Waals surface area (Å²) in [6, 6.07) is 10.9. The van der Waals surface area contributed by atoms with Crippen LogP contribution in [0.4, 0.5) is 23.1 Å². The highest BCUT2D eigenvalue weighted by atomic mass is 35.5. The molecule has 0 fully saturated rings. The van der Waals surface area contributed by atoms with Crippen molar-refractivity contribution in [3.05, 3.63) is 58.7 Å². The van der Waals surface area contributed by atoms with Crippen LogP contribution >= 0.6 is 11.6 Å². The molecule has 0 aliphatic rings. The lowest BCUT2D eigenvalue weighted by atomic mass is 10.2. The van der Waals surface area contributed by atoms with Gasteiger partial charge in [-0.25, -0.2) is 4.98 Å². The average molecular weight is 507 g/mol. The van der Waals surface area contributed by atoms with Gasteiger partial charge in [0.1, 0.15) is 5.02 Å². The van der Waals surface area contributed by atoms with Crippen molar-refractivity contribution in [3.63, 3.8) is 0 Å². The predicted molar refractivity (Wildman–Crippen MR) is 134 cm³/mol. The summed E-state index contributed by atoms with van der Waals surface area (Å²) >= 11 is 6.29. The molecule has 0 spiro atoms. The number of halogens is 1. The van der Waals surface area contributed by atoms with Gasteiger partial charge in [0.25, 0.3) is 10.2 Å². The van der Waals surface area contributed by atoms with Gasteiger partial charge in [-0.05, 0) is 36.2 Å². The Morgan fingerprint density at radius 3 is 2.35 bits per heavy atom. The van der Waals surface area contributed by atoms with Crippen LogP contribution in [0.25, 0.3) is 0 Å². The first-order valence-corrected chi connectivity index (χ1v) is 12.0. The fourth-order valence-electron chi connectivity index (χ4n) is 3.02. The molecular formula is C22H27ClN6O4S. The van der Waals surface area contributed by atoms with Gasteiger partial charge in [0.05, 0.1) is 20.4 Å². The Balaban J connectivity index is 1.73. The standard InChI is InChI=1S/C22H27ClN6O4S/c1-14-10-17(11-19(32-4)20(14)33-5)27-22-24-13-18(23)21(28-22)26-16-8-6-15(7-9-16)12-25-34(30,31)29(2)3/h6-11,13,25H,12H2,1-5H3,(H2,24,26,27,28). The maximum Gasteiger partial charge on any atom is 0.279 e. The summed E-state index contributed by atoms with van der Waals surface area (Å²) < 4.78 is 38.1. The zero-order valence-corrected chi connectivity index (χ0v) is 21.1. The maximum atomic E-state index is 11.9. The minimum absolute atomic E-state index is 0.174. The molecule has 0 amide bonds. The van der Waals surface area contributed by atoms with E-state index in [1.54, 1.807) is 32.4 Å². The first kappa shape index (κ1) is 25.5. The number of aryl methyl sites for hydroxylation is 1. The number of methoxy groups -OCH3 is 2. The molecular weight excluding hydrogens is 480 g/mol. The number of benzene rings is 2. The van der Waals surface area contributed by atoms with Crippen LogP contribution in [0, 0.1) is 6.92 Å². The van der Waals surface area contributed by atoms with Crippen molar-refractivity contribution in [3.8, 4) is 11.5 Å². The number of anilines is 4. The van der Waals surface area contributed by atoms with Crippen molar-refractivity contribution in [1.29, 1.82) is 0 Å². The minimum Gasteiger partial charge on any atom is -0.493 e. The molecule has 0 saturated heterocycles.